The zero-order valence-electron chi connectivity index (χ0n) is 9.61. The number of Topliss-reactive ketones (excluding diaryl/α,β-unsaturated/α-hetero) is 1. The number of rotatable bonds is 2. The van der Waals surface area contributed by atoms with Crippen molar-refractivity contribution in [1.82, 2.24) is 5.32 Å². The lowest BCUT2D eigenvalue weighted by Gasteiger charge is -2.20. The Hall–Kier alpha value is -1.19. The van der Waals surface area contributed by atoms with E-state index in [2.05, 4.69) is 17.4 Å². The molecule has 1 atom stereocenters. The monoisotopic (exact) mass is 245 g/mol. The molecule has 1 unspecified atom stereocenters. The first kappa shape index (κ1) is 10.9. The van der Waals surface area contributed by atoms with Crippen molar-refractivity contribution in [2.75, 3.05) is 13.1 Å². The van der Waals surface area contributed by atoms with Gasteiger partial charge < -0.3 is 5.32 Å². The zero-order chi connectivity index (χ0) is 11.7. The van der Waals surface area contributed by atoms with Crippen LogP contribution < -0.4 is 5.32 Å². The van der Waals surface area contributed by atoms with E-state index >= 15 is 0 Å². The number of piperidine rings is 1. The Kier molecular flexibility index (Phi) is 2.95. The van der Waals surface area contributed by atoms with Crippen LogP contribution >= 0.6 is 11.3 Å². The van der Waals surface area contributed by atoms with E-state index in [0.717, 1.165) is 30.8 Å². The first-order valence-corrected chi connectivity index (χ1v) is 6.90. The van der Waals surface area contributed by atoms with Gasteiger partial charge in [0.25, 0.3) is 0 Å². The fourth-order valence-electron chi connectivity index (χ4n) is 2.38. The molecule has 88 valence electrons. The summed E-state index contributed by atoms with van der Waals surface area (Å²) in [5.74, 6) is 0.496. The Bertz CT molecular complexity index is 507. The molecule has 0 spiro atoms. The molecule has 1 aliphatic rings. The van der Waals surface area contributed by atoms with E-state index in [9.17, 15) is 4.79 Å². The maximum atomic E-state index is 12.3. The van der Waals surface area contributed by atoms with Gasteiger partial charge in [-0.15, -0.1) is 11.3 Å². The number of benzene rings is 1. The second-order valence-electron chi connectivity index (χ2n) is 4.56. The van der Waals surface area contributed by atoms with E-state index in [1.54, 1.807) is 11.3 Å². The molecule has 3 rings (SSSR count). The quantitative estimate of drug-likeness (QED) is 0.824. The summed E-state index contributed by atoms with van der Waals surface area (Å²) in [6.07, 6.45) is 2.14. The Labute approximate surface area is 105 Å². The molecule has 17 heavy (non-hydrogen) atoms. The van der Waals surface area contributed by atoms with Gasteiger partial charge in [-0.25, -0.2) is 0 Å². The predicted molar refractivity (Wildman–Crippen MR) is 71.7 cm³/mol. The molecule has 0 amide bonds. The molecule has 0 saturated carbocycles. The number of carbonyl (C=O) groups is 1. The van der Waals surface area contributed by atoms with E-state index in [1.807, 2.05) is 18.2 Å². The molecule has 1 aromatic heterocycles. The summed E-state index contributed by atoms with van der Waals surface area (Å²) in [7, 11) is 0. The summed E-state index contributed by atoms with van der Waals surface area (Å²) in [6, 6.07) is 10.2. The van der Waals surface area contributed by atoms with Gasteiger partial charge >= 0.3 is 0 Å². The van der Waals surface area contributed by atoms with Gasteiger partial charge in [0.2, 0.25) is 0 Å². The number of nitrogens with one attached hydrogen (secondary N) is 1. The number of hydrogen-bond acceptors (Lipinski definition) is 3. The number of carbonyl (C=O) groups excluding carboxylic acids is 1. The summed E-state index contributed by atoms with van der Waals surface area (Å²) < 4.78 is 1.21. The van der Waals surface area contributed by atoms with Crippen LogP contribution in [0.2, 0.25) is 0 Å². The third kappa shape index (κ3) is 2.13. The molecule has 0 bridgehead atoms. The van der Waals surface area contributed by atoms with Crippen molar-refractivity contribution in [2.45, 2.75) is 12.8 Å². The van der Waals surface area contributed by atoms with Crippen molar-refractivity contribution in [3.8, 4) is 0 Å². The lowest BCUT2D eigenvalue weighted by atomic mass is 9.94. The van der Waals surface area contributed by atoms with Crippen LogP contribution in [0.1, 0.15) is 22.5 Å². The SMILES string of the molecule is O=C(c1cc2ccccc2s1)C1CCCNC1. The van der Waals surface area contributed by atoms with E-state index in [1.165, 1.54) is 10.1 Å². The predicted octanol–water partition coefficient (Wildman–Crippen LogP) is 3.08. The molecule has 1 saturated heterocycles. The van der Waals surface area contributed by atoms with Crippen molar-refractivity contribution in [2.24, 2.45) is 5.92 Å². The molecule has 1 aliphatic heterocycles. The van der Waals surface area contributed by atoms with Crippen molar-refractivity contribution in [3.05, 3.63) is 35.2 Å². The van der Waals surface area contributed by atoms with Gasteiger partial charge in [0.15, 0.2) is 5.78 Å². The van der Waals surface area contributed by atoms with Crippen LogP contribution in [0.3, 0.4) is 0 Å². The highest BCUT2D eigenvalue weighted by atomic mass is 32.1. The largest absolute Gasteiger partial charge is 0.316 e. The smallest absolute Gasteiger partial charge is 0.177 e. The number of thiophene rings is 1. The van der Waals surface area contributed by atoms with Crippen LogP contribution in [0.25, 0.3) is 10.1 Å². The molecule has 0 radical (unpaired) electrons. The summed E-state index contributed by atoms with van der Waals surface area (Å²) in [5, 5.41) is 4.49. The average Bonchev–Trinajstić information content (AvgIpc) is 2.82. The van der Waals surface area contributed by atoms with Crippen LogP contribution in [0.5, 0.6) is 0 Å². The van der Waals surface area contributed by atoms with Crippen LogP contribution in [0, 0.1) is 5.92 Å². The lowest BCUT2D eigenvalue weighted by molar-refractivity contribution is 0.0904. The Morgan fingerprint density at radius 2 is 2.24 bits per heavy atom. The molecule has 3 heteroatoms. The van der Waals surface area contributed by atoms with Crippen LogP contribution in [-0.4, -0.2) is 18.9 Å². The molecular formula is C14H15NOS. The second-order valence-corrected chi connectivity index (χ2v) is 5.64. The molecule has 2 nitrogen and oxygen atoms in total. The maximum Gasteiger partial charge on any atom is 0.177 e. The third-order valence-corrected chi connectivity index (χ3v) is 4.47. The molecule has 2 heterocycles. The lowest BCUT2D eigenvalue weighted by Crippen LogP contribution is -2.34. The second kappa shape index (κ2) is 4.59. The van der Waals surface area contributed by atoms with Gasteiger partial charge in [-0.05, 0) is 36.9 Å². The van der Waals surface area contributed by atoms with Gasteiger partial charge in [-0.3, -0.25) is 4.79 Å². The van der Waals surface area contributed by atoms with E-state index < -0.39 is 0 Å². The maximum absolute atomic E-state index is 12.3. The van der Waals surface area contributed by atoms with Gasteiger partial charge in [0.1, 0.15) is 0 Å². The Morgan fingerprint density at radius 1 is 1.35 bits per heavy atom. The highest BCUT2D eigenvalue weighted by Crippen LogP contribution is 2.28. The first-order chi connectivity index (χ1) is 8.34. The minimum Gasteiger partial charge on any atom is -0.316 e. The standard InChI is InChI=1S/C14H15NOS/c16-14(11-5-3-7-15-9-11)13-8-10-4-1-2-6-12(10)17-13/h1-2,4,6,8,11,15H,3,5,7,9H2. The summed E-state index contributed by atoms with van der Waals surface area (Å²) >= 11 is 1.62. The topological polar surface area (TPSA) is 29.1 Å². The fraction of sp³-hybridized carbons (Fsp3) is 0.357. The molecule has 2 aromatic rings. The highest BCUT2D eigenvalue weighted by molar-refractivity contribution is 7.20. The van der Waals surface area contributed by atoms with Gasteiger partial charge in [-0.2, -0.15) is 0 Å². The van der Waals surface area contributed by atoms with E-state index in [-0.39, 0.29) is 5.92 Å². The molecule has 1 N–H and O–H groups in total. The van der Waals surface area contributed by atoms with E-state index in [4.69, 9.17) is 0 Å². The average molecular weight is 245 g/mol. The molecule has 0 aliphatic carbocycles. The van der Waals surface area contributed by atoms with Crippen molar-refractivity contribution in [3.63, 3.8) is 0 Å². The van der Waals surface area contributed by atoms with Crippen molar-refractivity contribution in [1.29, 1.82) is 0 Å². The van der Waals surface area contributed by atoms with Gasteiger partial charge in [0.05, 0.1) is 4.88 Å². The van der Waals surface area contributed by atoms with Crippen LogP contribution in [0.4, 0.5) is 0 Å². The summed E-state index contributed by atoms with van der Waals surface area (Å²) in [5.41, 5.74) is 0. The Balaban J connectivity index is 1.89. The summed E-state index contributed by atoms with van der Waals surface area (Å²) in [6.45, 7) is 1.89. The number of hydrogen-bond donors (Lipinski definition) is 1. The highest BCUT2D eigenvalue weighted by Gasteiger charge is 2.23. The Morgan fingerprint density at radius 3 is 3.00 bits per heavy atom. The molecule has 1 aromatic carbocycles. The van der Waals surface area contributed by atoms with Gasteiger partial charge in [0, 0.05) is 17.2 Å². The fourth-order valence-corrected chi connectivity index (χ4v) is 3.46. The summed E-state index contributed by atoms with van der Waals surface area (Å²) in [4.78, 5) is 13.3. The third-order valence-electron chi connectivity index (χ3n) is 3.34. The van der Waals surface area contributed by atoms with Crippen molar-refractivity contribution >= 4 is 27.2 Å². The van der Waals surface area contributed by atoms with E-state index in [0.29, 0.717) is 5.78 Å². The minimum absolute atomic E-state index is 0.178. The molecular weight excluding hydrogens is 230 g/mol. The van der Waals surface area contributed by atoms with Crippen LogP contribution in [0.15, 0.2) is 30.3 Å². The minimum atomic E-state index is 0.178. The van der Waals surface area contributed by atoms with Crippen LogP contribution in [-0.2, 0) is 0 Å². The first-order valence-electron chi connectivity index (χ1n) is 6.08. The van der Waals surface area contributed by atoms with Gasteiger partial charge in [-0.1, -0.05) is 18.2 Å². The van der Waals surface area contributed by atoms with Crippen molar-refractivity contribution < 1.29 is 4.79 Å². The molecule has 1 fully saturated rings. The number of ketones is 1. The number of fused-ring (bicyclic) bond motifs is 1. The zero-order valence-corrected chi connectivity index (χ0v) is 10.4. The normalized spacial score (nSPS) is 20.6.